The molecule has 2 aliphatic carbocycles. The maximum Gasteiger partial charge on any atom is 0.864 e. The van der Waals surface area contributed by atoms with Crippen LogP contribution < -0.4 is 34.6 Å². The highest BCUT2D eigenvalue weighted by Crippen LogP contribution is 2.50. The van der Waals surface area contributed by atoms with Gasteiger partial charge in [0.05, 0.1) is 7.11 Å². The normalized spacial score (nSPS) is 15.1. The minimum Gasteiger partial charge on any atom is -0.496 e. The minimum absolute atomic E-state index is 0.0244. The van der Waals surface area contributed by atoms with E-state index in [-0.39, 0.29) is 17.7 Å². The maximum absolute atomic E-state index is 17.3. The van der Waals surface area contributed by atoms with Crippen molar-refractivity contribution >= 4 is 31.2 Å². The Morgan fingerprint density at radius 3 is 1.35 bits per heavy atom. The number of benzene rings is 5. The van der Waals surface area contributed by atoms with Gasteiger partial charge in [0.2, 0.25) is 0 Å². The maximum atomic E-state index is 17.3. The van der Waals surface area contributed by atoms with Gasteiger partial charge in [-0.05, 0) is 201 Å². The Hall–Kier alpha value is -4.28. The van der Waals surface area contributed by atoms with Gasteiger partial charge in [0.15, 0.2) is 0 Å². The van der Waals surface area contributed by atoms with Gasteiger partial charge in [0, 0.05) is 10.9 Å². The number of aryl methyl sites for hydroxylation is 11. The van der Waals surface area contributed by atoms with Crippen LogP contribution in [0.25, 0.3) is 0 Å². The number of methoxy groups -OCH3 is 1. The molecule has 0 amide bonds. The lowest BCUT2D eigenvalue weighted by Gasteiger charge is -2.32. The third-order valence-corrected chi connectivity index (χ3v) is 16.2. The predicted octanol–water partition coefficient (Wildman–Crippen LogP) is 13.1. The van der Waals surface area contributed by atoms with Crippen LogP contribution in [0.15, 0.2) is 48.5 Å². The molecule has 316 valence electrons. The molecule has 2 aliphatic rings. The van der Waals surface area contributed by atoms with Crippen LogP contribution in [-0.2, 0) is 0 Å². The van der Waals surface area contributed by atoms with Gasteiger partial charge in [-0.1, -0.05) is 84.8 Å². The van der Waals surface area contributed by atoms with Crippen molar-refractivity contribution in [2.45, 2.75) is 146 Å². The zero-order valence-corrected chi connectivity index (χ0v) is 39.4. The Labute approximate surface area is 361 Å². The van der Waals surface area contributed by atoms with E-state index in [9.17, 15) is 0 Å². The van der Waals surface area contributed by atoms with Crippen molar-refractivity contribution in [2.24, 2.45) is 0 Å². The van der Waals surface area contributed by atoms with Crippen molar-refractivity contribution < 1.29 is 23.1 Å². The summed E-state index contributed by atoms with van der Waals surface area (Å²) in [6, 6.07) is 17.6. The van der Waals surface area contributed by atoms with Crippen molar-refractivity contribution in [3.05, 3.63) is 132 Å². The number of hydrogen-bond donors (Lipinski definition) is 0. The molecule has 1 atom stereocenters. The highest BCUT2D eigenvalue weighted by Gasteiger charge is 2.38. The van der Waals surface area contributed by atoms with Crippen LogP contribution in [-0.4, -0.2) is 14.4 Å². The highest BCUT2D eigenvalue weighted by atomic mass is 31.1. The first kappa shape index (κ1) is 43.8. The SMILES string of the molecule is COc1c(P(c2c(C)cc(C)cc2C)c2c(C)cc(C)c(OB(Oc3c(C)cc(C)cc3C)Oc3c(C)cc(C)cc3C)c2C)cc(C2CCCC2)c(F)c1C1CCCC1. The van der Waals surface area contributed by atoms with Crippen LogP contribution in [0.5, 0.6) is 23.0 Å². The molecule has 7 heteroatoms. The van der Waals surface area contributed by atoms with Gasteiger partial charge in [0.25, 0.3) is 0 Å². The lowest BCUT2D eigenvalue weighted by Crippen LogP contribution is -2.39. The molecule has 0 N–H and O–H groups in total. The summed E-state index contributed by atoms with van der Waals surface area (Å²) in [5.41, 5.74) is 15.0. The highest BCUT2D eigenvalue weighted by molar-refractivity contribution is 7.80. The van der Waals surface area contributed by atoms with Crippen LogP contribution in [0, 0.1) is 88.9 Å². The molecular formula is C53H65BFO4P. The Balaban J connectivity index is 1.47. The van der Waals surface area contributed by atoms with Crippen LogP contribution in [0.4, 0.5) is 4.39 Å². The van der Waals surface area contributed by atoms with Crippen LogP contribution >= 0.6 is 7.92 Å². The second-order valence-electron chi connectivity index (χ2n) is 18.2. The van der Waals surface area contributed by atoms with Crippen LogP contribution in [0.3, 0.4) is 0 Å². The van der Waals surface area contributed by atoms with Gasteiger partial charge in [0.1, 0.15) is 28.8 Å². The molecule has 0 aromatic heterocycles. The summed E-state index contributed by atoms with van der Waals surface area (Å²) in [4.78, 5) is 0. The lowest BCUT2D eigenvalue weighted by atomic mass is 9.89. The molecule has 0 spiro atoms. The third-order valence-electron chi connectivity index (χ3n) is 13.1. The molecule has 2 saturated carbocycles. The summed E-state index contributed by atoms with van der Waals surface area (Å²) >= 11 is 0. The fourth-order valence-corrected chi connectivity index (χ4v) is 13.9. The van der Waals surface area contributed by atoms with Gasteiger partial charge in [-0.3, -0.25) is 0 Å². The molecule has 0 bridgehead atoms. The Kier molecular flexibility index (Phi) is 13.1. The largest absolute Gasteiger partial charge is 0.864 e. The summed E-state index contributed by atoms with van der Waals surface area (Å²) in [5, 5.41) is 3.59. The number of halogens is 1. The summed E-state index contributed by atoms with van der Waals surface area (Å²) in [5.74, 6) is 3.29. The molecule has 5 aromatic rings. The molecular weight excluding hydrogens is 761 g/mol. The van der Waals surface area contributed by atoms with Crippen molar-refractivity contribution in [3.8, 4) is 23.0 Å². The molecule has 0 aliphatic heterocycles. The molecule has 7 rings (SSSR count). The van der Waals surface area contributed by atoms with E-state index in [2.05, 4.69) is 132 Å². The summed E-state index contributed by atoms with van der Waals surface area (Å²) in [6.07, 6.45) is 8.54. The van der Waals surface area contributed by atoms with E-state index in [4.69, 9.17) is 18.7 Å². The topological polar surface area (TPSA) is 36.9 Å². The molecule has 2 fully saturated rings. The van der Waals surface area contributed by atoms with Crippen LogP contribution in [0.2, 0.25) is 0 Å². The Morgan fingerprint density at radius 2 is 0.883 bits per heavy atom. The second kappa shape index (κ2) is 18.0. The van der Waals surface area contributed by atoms with E-state index in [1.165, 1.54) is 44.0 Å². The van der Waals surface area contributed by atoms with Crippen molar-refractivity contribution in [1.29, 1.82) is 0 Å². The monoisotopic (exact) mass is 826 g/mol. The average molecular weight is 827 g/mol. The average Bonchev–Trinajstić information content (AvgIpc) is 3.90. The molecule has 5 aromatic carbocycles. The fourth-order valence-electron chi connectivity index (χ4n) is 10.8. The summed E-state index contributed by atoms with van der Waals surface area (Å²) in [7, 11) is -0.609. The number of hydrogen-bond acceptors (Lipinski definition) is 4. The van der Waals surface area contributed by atoms with Crippen molar-refractivity contribution in [3.63, 3.8) is 0 Å². The molecule has 0 radical (unpaired) electrons. The standard InChI is InChI=1S/C53H65BFO4P/c1-30-22-33(4)48(34(5)23-30)57-54(58-49-35(6)24-31(2)25-36(49)7)59-50-37(8)28-40(11)53(41(50)12)60(52-38(9)26-32(3)27-39(52)10)45-29-44(42-18-14-15-19-42)47(55)46(51(45)56-13)43-20-16-17-21-43/h22-29,42-43H,14-21H2,1-13H3. The first-order valence-corrected chi connectivity index (χ1v) is 23.5. The fraction of sp³-hybridized carbons (Fsp3) is 0.434. The lowest BCUT2D eigenvalue weighted by molar-refractivity contribution is 0.302. The number of ether oxygens (including phenoxy) is 1. The van der Waals surface area contributed by atoms with Gasteiger partial charge >= 0.3 is 7.32 Å². The third kappa shape index (κ3) is 8.61. The van der Waals surface area contributed by atoms with Gasteiger partial charge < -0.3 is 18.7 Å². The smallest absolute Gasteiger partial charge is 0.496 e. The predicted molar refractivity (Wildman–Crippen MR) is 251 cm³/mol. The van der Waals surface area contributed by atoms with Crippen LogP contribution in [0.1, 0.15) is 141 Å². The van der Waals surface area contributed by atoms with Gasteiger partial charge in [-0.2, -0.15) is 0 Å². The minimum atomic E-state index is -1.27. The van der Waals surface area contributed by atoms with E-state index < -0.39 is 15.2 Å². The second-order valence-corrected chi connectivity index (χ2v) is 20.2. The molecule has 60 heavy (non-hydrogen) atoms. The zero-order valence-electron chi connectivity index (χ0n) is 38.5. The van der Waals surface area contributed by atoms with Gasteiger partial charge in [-0.25, -0.2) is 4.39 Å². The first-order chi connectivity index (χ1) is 28.6. The number of rotatable bonds is 12. The zero-order chi connectivity index (χ0) is 43.2. The molecule has 0 heterocycles. The van der Waals surface area contributed by atoms with Crippen molar-refractivity contribution in [2.75, 3.05) is 7.11 Å². The van der Waals surface area contributed by atoms with Crippen molar-refractivity contribution in [1.82, 2.24) is 0 Å². The summed E-state index contributed by atoms with van der Waals surface area (Å²) < 4.78 is 44.6. The van der Waals surface area contributed by atoms with E-state index in [1.807, 2.05) is 0 Å². The van der Waals surface area contributed by atoms with E-state index in [0.717, 1.165) is 124 Å². The molecule has 0 saturated heterocycles. The van der Waals surface area contributed by atoms with E-state index >= 15 is 4.39 Å². The first-order valence-electron chi connectivity index (χ1n) is 22.1. The Bertz CT molecular complexity index is 2300. The molecule has 1 unspecified atom stereocenters. The Morgan fingerprint density at radius 1 is 0.483 bits per heavy atom. The van der Waals surface area contributed by atoms with E-state index in [1.54, 1.807) is 7.11 Å². The summed E-state index contributed by atoms with van der Waals surface area (Å²) in [6.45, 7) is 25.7. The quantitative estimate of drug-likeness (QED) is 0.0927. The van der Waals surface area contributed by atoms with E-state index in [0.29, 0.717) is 0 Å². The molecule has 4 nitrogen and oxygen atoms in total. The van der Waals surface area contributed by atoms with Gasteiger partial charge in [-0.15, -0.1) is 0 Å².